The fraction of sp³-hybridized carbons (Fsp3) is 0.565. The van der Waals surface area contributed by atoms with Crippen LogP contribution >= 0.6 is 0 Å². The number of phenolic OH excluding ortho intramolecular Hbond substituents is 1. The van der Waals surface area contributed by atoms with Gasteiger partial charge in [-0.1, -0.05) is 39.8 Å². The zero-order chi connectivity index (χ0) is 26.0. The number of amides is 3. The van der Waals surface area contributed by atoms with Crippen molar-refractivity contribution in [1.29, 1.82) is 0 Å². The number of phenols is 1. The van der Waals surface area contributed by atoms with Gasteiger partial charge in [0.1, 0.15) is 23.9 Å². The van der Waals surface area contributed by atoms with E-state index in [1.165, 1.54) is 12.1 Å². The number of aliphatic carboxylic acids is 1. The number of carboxylic acids is 1. The smallest absolute Gasteiger partial charge is 0.326 e. The van der Waals surface area contributed by atoms with E-state index >= 15 is 0 Å². The Labute approximate surface area is 199 Å². The first-order chi connectivity index (χ1) is 15.8. The lowest BCUT2D eigenvalue weighted by Crippen LogP contribution is -2.59. The topological polar surface area (TPSA) is 191 Å². The molecule has 0 radical (unpaired) electrons. The molecule has 1 aromatic rings. The first-order valence-corrected chi connectivity index (χ1v) is 11.1. The van der Waals surface area contributed by atoms with Crippen LogP contribution in [0.25, 0.3) is 0 Å². The summed E-state index contributed by atoms with van der Waals surface area (Å²) in [6.07, 6.45) is 0.160. The Hall–Kier alpha value is -3.18. The zero-order valence-electron chi connectivity index (χ0n) is 19.9. The van der Waals surface area contributed by atoms with Crippen molar-refractivity contribution < 1.29 is 34.5 Å². The van der Waals surface area contributed by atoms with Crippen LogP contribution in [0.15, 0.2) is 24.3 Å². The maximum Gasteiger partial charge on any atom is 0.326 e. The molecule has 0 spiro atoms. The van der Waals surface area contributed by atoms with Gasteiger partial charge in [0.15, 0.2) is 0 Å². The normalized spacial score (nSPS) is 14.7. The summed E-state index contributed by atoms with van der Waals surface area (Å²) in [4.78, 5) is 49.6. The molecule has 0 bridgehead atoms. The van der Waals surface area contributed by atoms with Gasteiger partial charge in [0, 0.05) is 6.42 Å². The molecule has 0 saturated carbocycles. The molecule has 11 nitrogen and oxygen atoms in total. The Balaban J connectivity index is 3.07. The van der Waals surface area contributed by atoms with Crippen LogP contribution in [0.3, 0.4) is 0 Å². The van der Waals surface area contributed by atoms with Gasteiger partial charge in [0.2, 0.25) is 17.7 Å². The molecule has 0 fully saturated rings. The fourth-order valence-corrected chi connectivity index (χ4v) is 3.08. The van der Waals surface area contributed by atoms with E-state index in [-0.39, 0.29) is 30.4 Å². The number of hydrogen-bond donors (Lipinski definition) is 7. The summed E-state index contributed by atoms with van der Waals surface area (Å²) in [7, 11) is 0. The van der Waals surface area contributed by atoms with Crippen LogP contribution in [0.4, 0.5) is 0 Å². The predicted molar refractivity (Wildman–Crippen MR) is 125 cm³/mol. The second-order valence-electron chi connectivity index (χ2n) is 8.97. The SMILES string of the molecule is CC(C)CC(NC(=O)C(Cc1ccc(O)cc1)NC(=O)C(CO)NC(=O)C(N)C(C)C)C(=O)O. The molecule has 0 heterocycles. The van der Waals surface area contributed by atoms with E-state index in [9.17, 15) is 34.5 Å². The van der Waals surface area contributed by atoms with Crippen LogP contribution in [0.1, 0.15) is 39.7 Å². The highest BCUT2D eigenvalue weighted by Gasteiger charge is 2.31. The van der Waals surface area contributed by atoms with Crippen molar-refractivity contribution in [3.8, 4) is 5.75 Å². The minimum atomic E-state index is -1.36. The highest BCUT2D eigenvalue weighted by atomic mass is 16.4. The van der Waals surface area contributed by atoms with Crippen molar-refractivity contribution in [1.82, 2.24) is 16.0 Å². The molecule has 0 saturated heterocycles. The van der Waals surface area contributed by atoms with Gasteiger partial charge in [-0.05, 0) is 36.0 Å². The third-order valence-electron chi connectivity index (χ3n) is 5.17. The summed E-state index contributed by atoms with van der Waals surface area (Å²) in [6.45, 7) is 6.35. The van der Waals surface area contributed by atoms with Gasteiger partial charge >= 0.3 is 5.97 Å². The molecule has 0 aliphatic rings. The van der Waals surface area contributed by atoms with Crippen LogP contribution in [0.2, 0.25) is 0 Å². The molecule has 34 heavy (non-hydrogen) atoms. The molecule has 4 unspecified atom stereocenters. The van der Waals surface area contributed by atoms with Crippen LogP contribution in [-0.4, -0.2) is 69.8 Å². The first kappa shape index (κ1) is 28.9. The summed E-state index contributed by atoms with van der Waals surface area (Å²) in [6, 6.07) is 1.29. The van der Waals surface area contributed by atoms with Crippen molar-refractivity contribution in [2.24, 2.45) is 17.6 Å². The van der Waals surface area contributed by atoms with E-state index in [1.54, 1.807) is 26.0 Å². The number of aliphatic hydroxyl groups excluding tert-OH is 1. The highest BCUT2D eigenvalue weighted by molar-refractivity contribution is 5.94. The summed E-state index contributed by atoms with van der Waals surface area (Å²) in [5.74, 6) is -3.61. The summed E-state index contributed by atoms with van der Waals surface area (Å²) < 4.78 is 0. The number of carbonyl (C=O) groups is 4. The van der Waals surface area contributed by atoms with Gasteiger partial charge < -0.3 is 37.0 Å². The Bertz CT molecular complexity index is 842. The van der Waals surface area contributed by atoms with Crippen LogP contribution in [-0.2, 0) is 25.6 Å². The molecule has 3 amide bonds. The number of benzene rings is 1. The van der Waals surface area contributed by atoms with Gasteiger partial charge in [0.25, 0.3) is 0 Å². The number of carboxylic acid groups (broad SMARTS) is 1. The Morgan fingerprint density at radius 2 is 1.35 bits per heavy atom. The average molecular weight is 481 g/mol. The van der Waals surface area contributed by atoms with E-state index in [0.717, 1.165) is 0 Å². The Morgan fingerprint density at radius 1 is 0.853 bits per heavy atom. The standard InChI is InChI=1S/C23H36N4O7/c1-12(2)9-17(23(33)34)26-20(30)16(10-14-5-7-15(29)8-6-14)25-21(31)18(11-28)27-22(32)19(24)13(3)4/h5-8,12-13,16-19,28-29H,9-11,24H2,1-4H3,(H,25,31)(H,26,30)(H,27,32)(H,33,34). The lowest BCUT2D eigenvalue weighted by Gasteiger charge is -2.25. The molecule has 4 atom stereocenters. The second kappa shape index (κ2) is 13.5. The maximum absolute atomic E-state index is 13.0. The van der Waals surface area contributed by atoms with E-state index < -0.39 is 54.5 Å². The summed E-state index contributed by atoms with van der Waals surface area (Å²) in [5, 5.41) is 35.9. The third kappa shape index (κ3) is 9.36. The van der Waals surface area contributed by atoms with Crippen molar-refractivity contribution in [3.05, 3.63) is 29.8 Å². The molecule has 0 aliphatic carbocycles. The van der Waals surface area contributed by atoms with Gasteiger partial charge in [-0.25, -0.2) is 4.79 Å². The van der Waals surface area contributed by atoms with Crippen LogP contribution < -0.4 is 21.7 Å². The predicted octanol–water partition coefficient (Wildman–Crippen LogP) is -0.505. The summed E-state index contributed by atoms with van der Waals surface area (Å²) >= 11 is 0. The highest BCUT2D eigenvalue weighted by Crippen LogP contribution is 2.12. The van der Waals surface area contributed by atoms with E-state index in [1.807, 2.05) is 13.8 Å². The number of carbonyl (C=O) groups excluding carboxylic acids is 3. The molecule has 8 N–H and O–H groups in total. The van der Waals surface area contributed by atoms with Crippen LogP contribution in [0, 0.1) is 11.8 Å². The minimum Gasteiger partial charge on any atom is -0.508 e. The third-order valence-corrected chi connectivity index (χ3v) is 5.17. The van der Waals surface area contributed by atoms with Gasteiger partial charge in [-0.15, -0.1) is 0 Å². The number of rotatable bonds is 13. The van der Waals surface area contributed by atoms with E-state index in [4.69, 9.17) is 5.73 Å². The monoisotopic (exact) mass is 480 g/mol. The molecule has 1 rings (SSSR count). The average Bonchev–Trinajstić information content (AvgIpc) is 2.76. The van der Waals surface area contributed by atoms with Gasteiger partial charge in [-0.3, -0.25) is 14.4 Å². The molecule has 11 heteroatoms. The number of nitrogens with one attached hydrogen (secondary N) is 3. The lowest BCUT2D eigenvalue weighted by atomic mass is 10.0. The van der Waals surface area contributed by atoms with Gasteiger partial charge in [-0.2, -0.15) is 0 Å². The van der Waals surface area contributed by atoms with Crippen molar-refractivity contribution in [2.75, 3.05) is 6.61 Å². The van der Waals surface area contributed by atoms with Crippen molar-refractivity contribution in [2.45, 2.75) is 64.7 Å². The summed E-state index contributed by atoms with van der Waals surface area (Å²) in [5.41, 5.74) is 6.37. The molecule has 1 aromatic carbocycles. The lowest BCUT2D eigenvalue weighted by molar-refractivity contribution is -0.142. The molecule has 0 aromatic heterocycles. The van der Waals surface area contributed by atoms with Gasteiger partial charge in [0.05, 0.1) is 12.6 Å². The Kier molecular flexibility index (Phi) is 11.5. The van der Waals surface area contributed by atoms with Crippen LogP contribution in [0.5, 0.6) is 5.75 Å². The number of nitrogens with two attached hydrogens (primary N) is 1. The maximum atomic E-state index is 13.0. The molecule has 190 valence electrons. The largest absolute Gasteiger partial charge is 0.508 e. The molecule has 0 aliphatic heterocycles. The Morgan fingerprint density at radius 3 is 1.82 bits per heavy atom. The second-order valence-corrected chi connectivity index (χ2v) is 8.97. The van der Waals surface area contributed by atoms with E-state index in [2.05, 4.69) is 16.0 Å². The molecular weight excluding hydrogens is 444 g/mol. The van der Waals surface area contributed by atoms with Crippen molar-refractivity contribution in [3.63, 3.8) is 0 Å². The fourth-order valence-electron chi connectivity index (χ4n) is 3.08. The zero-order valence-corrected chi connectivity index (χ0v) is 19.9. The number of aliphatic hydroxyl groups is 1. The first-order valence-electron chi connectivity index (χ1n) is 11.1. The van der Waals surface area contributed by atoms with Crippen molar-refractivity contribution >= 4 is 23.7 Å². The molecular formula is C23H36N4O7. The number of hydrogen-bond acceptors (Lipinski definition) is 7. The number of aromatic hydroxyl groups is 1. The minimum absolute atomic E-state index is 0.00862. The quantitative estimate of drug-likeness (QED) is 0.196. The van der Waals surface area contributed by atoms with E-state index in [0.29, 0.717) is 5.56 Å².